The fourth-order valence-corrected chi connectivity index (χ4v) is 2.78. The van der Waals surface area contributed by atoms with Crippen LogP contribution >= 0.6 is 0 Å². The molecule has 1 fully saturated rings. The molecular formula is C15H24N2O. The maximum Gasteiger partial charge on any atom is 0.0633 e. The van der Waals surface area contributed by atoms with Gasteiger partial charge in [-0.3, -0.25) is 4.90 Å². The van der Waals surface area contributed by atoms with Gasteiger partial charge in [-0.25, -0.2) is 0 Å². The van der Waals surface area contributed by atoms with Gasteiger partial charge in [0.2, 0.25) is 0 Å². The SMILES string of the molecule is Cc1cccc(N2CCC(CO)(N(C)C)C2)c1C. The van der Waals surface area contributed by atoms with Crippen LogP contribution in [0.5, 0.6) is 0 Å². The number of aryl methyl sites for hydroxylation is 1. The van der Waals surface area contributed by atoms with Crippen molar-refractivity contribution < 1.29 is 5.11 Å². The van der Waals surface area contributed by atoms with Crippen LogP contribution in [-0.4, -0.2) is 49.3 Å². The first kappa shape index (κ1) is 13.4. The molecule has 0 radical (unpaired) electrons. The van der Waals surface area contributed by atoms with Crippen molar-refractivity contribution in [3.05, 3.63) is 29.3 Å². The van der Waals surface area contributed by atoms with Crippen LogP contribution in [-0.2, 0) is 0 Å². The largest absolute Gasteiger partial charge is 0.394 e. The zero-order valence-electron chi connectivity index (χ0n) is 11.9. The lowest BCUT2D eigenvalue weighted by atomic mass is 9.98. The molecule has 1 aliphatic heterocycles. The van der Waals surface area contributed by atoms with E-state index in [9.17, 15) is 5.11 Å². The fourth-order valence-electron chi connectivity index (χ4n) is 2.78. The van der Waals surface area contributed by atoms with Gasteiger partial charge in [-0.05, 0) is 51.6 Å². The highest BCUT2D eigenvalue weighted by molar-refractivity contribution is 5.57. The molecule has 3 nitrogen and oxygen atoms in total. The Kier molecular flexibility index (Phi) is 3.64. The van der Waals surface area contributed by atoms with E-state index in [-0.39, 0.29) is 12.1 Å². The Morgan fingerprint density at radius 3 is 2.61 bits per heavy atom. The van der Waals surface area contributed by atoms with Crippen molar-refractivity contribution in [1.29, 1.82) is 0 Å². The van der Waals surface area contributed by atoms with E-state index in [1.807, 2.05) is 0 Å². The molecule has 0 bridgehead atoms. The van der Waals surface area contributed by atoms with Gasteiger partial charge in [0.15, 0.2) is 0 Å². The highest BCUT2D eigenvalue weighted by Crippen LogP contribution is 2.32. The summed E-state index contributed by atoms with van der Waals surface area (Å²) in [5.41, 5.74) is 3.91. The molecule has 1 heterocycles. The summed E-state index contributed by atoms with van der Waals surface area (Å²) in [6.45, 7) is 6.48. The highest BCUT2D eigenvalue weighted by atomic mass is 16.3. The topological polar surface area (TPSA) is 26.7 Å². The van der Waals surface area contributed by atoms with Gasteiger partial charge in [0.05, 0.1) is 12.1 Å². The summed E-state index contributed by atoms with van der Waals surface area (Å²) in [6.07, 6.45) is 1.02. The molecule has 2 rings (SSSR count). The maximum absolute atomic E-state index is 9.71. The molecule has 0 saturated carbocycles. The summed E-state index contributed by atoms with van der Waals surface area (Å²) in [4.78, 5) is 4.57. The second kappa shape index (κ2) is 4.90. The predicted molar refractivity (Wildman–Crippen MR) is 76.2 cm³/mol. The molecule has 1 unspecified atom stereocenters. The first-order valence-corrected chi connectivity index (χ1v) is 6.60. The zero-order chi connectivity index (χ0) is 13.3. The van der Waals surface area contributed by atoms with Crippen LogP contribution in [0, 0.1) is 13.8 Å². The molecular weight excluding hydrogens is 224 g/mol. The fraction of sp³-hybridized carbons (Fsp3) is 0.600. The summed E-state index contributed by atoms with van der Waals surface area (Å²) in [5, 5.41) is 9.71. The number of hydrogen-bond acceptors (Lipinski definition) is 3. The second-order valence-electron chi connectivity index (χ2n) is 5.67. The third kappa shape index (κ3) is 2.13. The third-order valence-electron chi connectivity index (χ3n) is 4.49. The van der Waals surface area contributed by atoms with E-state index in [1.54, 1.807) is 0 Å². The van der Waals surface area contributed by atoms with Crippen molar-refractivity contribution in [3.63, 3.8) is 0 Å². The molecule has 1 N–H and O–H groups in total. The number of aliphatic hydroxyl groups excluding tert-OH is 1. The van der Waals surface area contributed by atoms with Gasteiger partial charge in [0, 0.05) is 18.8 Å². The van der Waals surface area contributed by atoms with Crippen molar-refractivity contribution >= 4 is 5.69 Å². The van der Waals surface area contributed by atoms with E-state index in [0.29, 0.717) is 0 Å². The Morgan fingerprint density at radius 2 is 2.06 bits per heavy atom. The lowest BCUT2D eigenvalue weighted by Gasteiger charge is -2.34. The van der Waals surface area contributed by atoms with Gasteiger partial charge in [-0.2, -0.15) is 0 Å². The van der Waals surface area contributed by atoms with E-state index in [2.05, 4.69) is 55.9 Å². The van der Waals surface area contributed by atoms with Crippen LogP contribution in [0.25, 0.3) is 0 Å². The van der Waals surface area contributed by atoms with E-state index < -0.39 is 0 Å². The molecule has 0 spiro atoms. The first-order valence-electron chi connectivity index (χ1n) is 6.60. The van der Waals surface area contributed by atoms with Gasteiger partial charge in [-0.15, -0.1) is 0 Å². The molecule has 1 aliphatic rings. The summed E-state index contributed by atoms with van der Waals surface area (Å²) >= 11 is 0. The number of hydrogen-bond donors (Lipinski definition) is 1. The minimum Gasteiger partial charge on any atom is -0.394 e. The van der Waals surface area contributed by atoms with Crippen molar-refractivity contribution in [2.24, 2.45) is 0 Å². The van der Waals surface area contributed by atoms with Crippen molar-refractivity contribution in [2.75, 3.05) is 38.7 Å². The Morgan fingerprint density at radius 1 is 1.33 bits per heavy atom. The van der Waals surface area contributed by atoms with E-state index in [0.717, 1.165) is 19.5 Å². The number of rotatable bonds is 3. The van der Waals surface area contributed by atoms with Gasteiger partial charge in [0.25, 0.3) is 0 Å². The third-order valence-corrected chi connectivity index (χ3v) is 4.49. The zero-order valence-corrected chi connectivity index (χ0v) is 11.9. The van der Waals surface area contributed by atoms with E-state index in [1.165, 1.54) is 16.8 Å². The molecule has 1 aromatic rings. The highest BCUT2D eigenvalue weighted by Gasteiger charge is 2.39. The minimum atomic E-state index is -0.0871. The number of anilines is 1. The number of aliphatic hydroxyl groups is 1. The van der Waals surface area contributed by atoms with Gasteiger partial charge >= 0.3 is 0 Å². The normalized spacial score (nSPS) is 24.0. The standard InChI is InChI=1S/C15H24N2O/c1-12-6-5-7-14(13(12)2)17-9-8-15(10-17,11-18)16(3)4/h5-7,18H,8-11H2,1-4H3. The van der Waals surface area contributed by atoms with Crippen molar-refractivity contribution in [2.45, 2.75) is 25.8 Å². The molecule has 0 amide bonds. The predicted octanol–water partition coefficient (Wildman–Crippen LogP) is 1.81. The van der Waals surface area contributed by atoms with Crippen molar-refractivity contribution in [1.82, 2.24) is 4.90 Å². The lowest BCUT2D eigenvalue weighted by molar-refractivity contribution is 0.0867. The molecule has 0 aromatic heterocycles. The average Bonchev–Trinajstić information content (AvgIpc) is 2.78. The second-order valence-corrected chi connectivity index (χ2v) is 5.67. The molecule has 100 valence electrons. The molecule has 1 atom stereocenters. The Labute approximate surface area is 110 Å². The van der Waals surface area contributed by atoms with Crippen LogP contribution in [0.4, 0.5) is 5.69 Å². The van der Waals surface area contributed by atoms with Crippen LogP contribution < -0.4 is 4.90 Å². The van der Waals surface area contributed by atoms with E-state index >= 15 is 0 Å². The smallest absolute Gasteiger partial charge is 0.0633 e. The molecule has 0 aliphatic carbocycles. The monoisotopic (exact) mass is 248 g/mol. The van der Waals surface area contributed by atoms with Crippen LogP contribution in [0.1, 0.15) is 17.5 Å². The van der Waals surface area contributed by atoms with E-state index in [4.69, 9.17) is 0 Å². The number of benzene rings is 1. The van der Waals surface area contributed by atoms with Crippen LogP contribution in [0.3, 0.4) is 0 Å². The quantitative estimate of drug-likeness (QED) is 0.883. The molecule has 18 heavy (non-hydrogen) atoms. The van der Waals surface area contributed by atoms with Crippen LogP contribution in [0.15, 0.2) is 18.2 Å². The molecule has 1 saturated heterocycles. The maximum atomic E-state index is 9.71. The summed E-state index contributed by atoms with van der Waals surface area (Å²) in [5.74, 6) is 0. The van der Waals surface area contributed by atoms with Gasteiger partial charge in [0.1, 0.15) is 0 Å². The van der Waals surface area contributed by atoms with Crippen molar-refractivity contribution in [3.8, 4) is 0 Å². The van der Waals surface area contributed by atoms with Gasteiger partial charge < -0.3 is 10.0 Å². The van der Waals surface area contributed by atoms with Gasteiger partial charge in [-0.1, -0.05) is 12.1 Å². The summed E-state index contributed by atoms with van der Waals surface area (Å²) < 4.78 is 0. The first-order chi connectivity index (χ1) is 8.50. The molecule has 3 heteroatoms. The lowest BCUT2D eigenvalue weighted by Crippen LogP contribution is -2.49. The summed E-state index contributed by atoms with van der Waals surface area (Å²) in [6, 6.07) is 6.46. The summed E-state index contributed by atoms with van der Waals surface area (Å²) in [7, 11) is 4.12. The Bertz CT molecular complexity index is 431. The Hall–Kier alpha value is -1.06. The minimum absolute atomic E-state index is 0.0871. The number of nitrogens with zero attached hydrogens (tertiary/aromatic N) is 2. The Balaban J connectivity index is 2.25. The number of likely N-dealkylation sites (N-methyl/N-ethyl adjacent to an activating group) is 1. The average molecular weight is 248 g/mol. The van der Waals surface area contributed by atoms with Crippen LogP contribution in [0.2, 0.25) is 0 Å². The molecule has 1 aromatic carbocycles.